The van der Waals surface area contributed by atoms with Crippen molar-refractivity contribution in [3.8, 4) is 11.5 Å². The maximum absolute atomic E-state index is 11.7. The number of benzene rings is 1. The van der Waals surface area contributed by atoms with Crippen LogP contribution in [0.3, 0.4) is 0 Å². The fraction of sp³-hybridized carbons (Fsp3) is 0.385. The van der Waals surface area contributed by atoms with Gasteiger partial charge in [-0.25, -0.2) is 4.79 Å². The van der Waals surface area contributed by atoms with Crippen LogP contribution in [0.15, 0.2) is 12.1 Å². The molecule has 1 aromatic rings. The van der Waals surface area contributed by atoms with Crippen molar-refractivity contribution in [3.05, 3.63) is 27.8 Å². The van der Waals surface area contributed by atoms with Crippen LogP contribution < -0.4 is 20.5 Å². The lowest BCUT2D eigenvalue weighted by atomic mass is 10.1. The second-order valence-corrected chi connectivity index (χ2v) is 4.89. The molecule has 1 aliphatic heterocycles. The lowest BCUT2D eigenvalue weighted by Gasteiger charge is -2.15. The maximum Gasteiger partial charge on any atom is 0.407 e. The number of hydrogen-bond donors (Lipinski definition) is 3. The van der Waals surface area contributed by atoms with Gasteiger partial charge < -0.3 is 30.4 Å². The molecule has 1 amide bonds. The van der Waals surface area contributed by atoms with E-state index in [1.54, 1.807) is 0 Å². The van der Waals surface area contributed by atoms with Gasteiger partial charge in [0.15, 0.2) is 11.5 Å². The molecule has 11 heteroatoms. The number of nitro groups is 1. The monoisotopic (exact) mass is 341 g/mol. The molecule has 4 N–H and O–H groups in total. The summed E-state index contributed by atoms with van der Waals surface area (Å²) < 4.78 is 15.2. The van der Waals surface area contributed by atoms with Gasteiger partial charge in [0.1, 0.15) is 12.1 Å². The number of fused-ring (bicyclic) bond motifs is 1. The SMILES string of the molecule is CC(OC(=O)NC[C@H](N)C(=O)O)c1cc2c(cc1[N+](=O)[O-])OCO2. The summed E-state index contributed by atoms with van der Waals surface area (Å²) in [5.74, 6) is -0.747. The molecule has 0 saturated carbocycles. The summed E-state index contributed by atoms with van der Waals surface area (Å²) in [6.45, 7) is 1.03. The Morgan fingerprint density at radius 3 is 2.67 bits per heavy atom. The lowest BCUT2D eigenvalue weighted by Crippen LogP contribution is -2.42. The van der Waals surface area contributed by atoms with E-state index in [-0.39, 0.29) is 30.3 Å². The van der Waals surface area contributed by atoms with Crippen molar-refractivity contribution >= 4 is 17.7 Å². The third kappa shape index (κ3) is 3.81. The van der Waals surface area contributed by atoms with Gasteiger partial charge in [0.05, 0.1) is 16.6 Å². The van der Waals surface area contributed by atoms with Crippen LogP contribution in [0.5, 0.6) is 11.5 Å². The minimum Gasteiger partial charge on any atom is -0.480 e. The molecule has 1 heterocycles. The summed E-state index contributed by atoms with van der Waals surface area (Å²) >= 11 is 0. The smallest absolute Gasteiger partial charge is 0.407 e. The number of carbonyl (C=O) groups is 2. The number of carbonyl (C=O) groups excluding carboxylic acids is 1. The van der Waals surface area contributed by atoms with Crippen LogP contribution in [0.25, 0.3) is 0 Å². The summed E-state index contributed by atoms with van der Waals surface area (Å²) in [6, 6.07) is 1.27. The van der Waals surface area contributed by atoms with Crippen LogP contribution in [0.2, 0.25) is 0 Å². The molecule has 0 aliphatic carbocycles. The molecule has 1 unspecified atom stereocenters. The Bertz CT molecular complexity index is 677. The molecule has 0 saturated heterocycles. The summed E-state index contributed by atoms with van der Waals surface area (Å²) in [5.41, 5.74) is 5.07. The molecule has 2 rings (SSSR count). The molecule has 0 fully saturated rings. The second kappa shape index (κ2) is 7.00. The minimum atomic E-state index is -1.28. The zero-order valence-electron chi connectivity index (χ0n) is 12.6. The first-order valence-corrected chi connectivity index (χ1v) is 6.80. The average molecular weight is 341 g/mol. The third-order valence-corrected chi connectivity index (χ3v) is 3.22. The highest BCUT2D eigenvalue weighted by molar-refractivity contribution is 5.75. The van der Waals surface area contributed by atoms with E-state index in [1.807, 2.05) is 0 Å². The Labute approximate surface area is 135 Å². The van der Waals surface area contributed by atoms with Gasteiger partial charge in [-0.05, 0) is 13.0 Å². The van der Waals surface area contributed by atoms with Gasteiger partial charge in [0.25, 0.3) is 5.69 Å². The number of nitrogens with two attached hydrogens (primary N) is 1. The number of nitro benzene ring substituents is 1. The zero-order chi connectivity index (χ0) is 17.9. The number of rotatable bonds is 6. The maximum atomic E-state index is 11.7. The number of amides is 1. The Hall–Kier alpha value is -3.08. The first kappa shape index (κ1) is 17.3. The van der Waals surface area contributed by atoms with Crippen molar-refractivity contribution in [3.63, 3.8) is 0 Å². The van der Waals surface area contributed by atoms with E-state index in [0.717, 1.165) is 0 Å². The molecular formula is C13H15N3O8. The van der Waals surface area contributed by atoms with E-state index >= 15 is 0 Å². The van der Waals surface area contributed by atoms with E-state index < -0.39 is 29.1 Å². The van der Waals surface area contributed by atoms with Crippen molar-refractivity contribution in [2.45, 2.75) is 19.1 Å². The van der Waals surface area contributed by atoms with E-state index in [4.69, 9.17) is 25.1 Å². The number of carboxylic acid groups (broad SMARTS) is 1. The molecule has 0 bridgehead atoms. The highest BCUT2D eigenvalue weighted by atomic mass is 16.7. The van der Waals surface area contributed by atoms with Crippen molar-refractivity contribution < 1.29 is 33.8 Å². The van der Waals surface area contributed by atoms with Crippen molar-refractivity contribution in [2.75, 3.05) is 13.3 Å². The highest BCUT2D eigenvalue weighted by Gasteiger charge is 2.28. The normalized spacial score (nSPS) is 14.6. The number of ether oxygens (including phenoxy) is 3. The first-order chi connectivity index (χ1) is 11.3. The molecular weight excluding hydrogens is 326 g/mol. The summed E-state index contributed by atoms with van der Waals surface area (Å²) in [7, 11) is 0. The molecule has 1 aliphatic rings. The number of aliphatic carboxylic acids is 1. The minimum absolute atomic E-state index is 0.0568. The molecule has 0 spiro atoms. The average Bonchev–Trinajstić information content (AvgIpc) is 2.98. The van der Waals surface area contributed by atoms with E-state index in [9.17, 15) is 19.7 Å². The van der Waals surface area contributed by atoms with Crippen molar-refractivity contribution in [2.24, 2.45) is 5.73 Å². The fourth-order valence-corrected chi connectivity index (χ4v) is 1.98. The van der Waals surface area contributed by atoms with Gasteiger partial charge in [-0.1, -0.05) is 0 Å². The van der Waals surface area contributed by atoms with Gasteiger partial charge in [-0.2, -0.15) is 0 Å². The number of alkyl carbamates (subject to hydrolysis) is 1. The molecule has 130 valence electrons. The molecule has 24 heavy (non-hydrogen) atoms. The number of nitrogens with zero attached hydrogens (tertiary/aromatic N) is 1. The van der Waals surface area contributed by atoms with Crippen molar-refractivity contribution in [1.82, 2.24) is 5.32 Å². The lowest BCUT2D eigenvalue weighted by molar-refractivity contribution is -0.386. The molecule has 1 aromatic carbocycles. The molecule has 11 nitrogen and oxygen atoms in total. The zero-order valence-corrected chi connectivity index (χ0v) is 12.6. The molecule has 0 aromatic heterocycles. The highest BCUT2D eigenvalue weighted by Crippen LogP contribution is 2.40. The molecule has 0 radical (unpaired) electrons. The summed E-state index contributed by atoms with van der Waals surface area (Å²) in [5, 5.41) is 22.0. The number of carboxylic acids is 1. The Kier molecular flexibility index (Phi) is 5.04. The van der Waals surface area contributed by atoms with Gasteiger partial charge in [0.2, 0.25) is 6.79 Å². The van der Waals surface area contributed by atoms with Gasteiger partial charge in [-0.15, -0.1) is 0 Å². The number of nitrogens with one attached hydrogen (secondary N) is 1. The predicted molar refractivity (Wildman–Crippen MR) is 77.7 cm³/mol. The van der Waals surface area contributed by atoms with Gasteiger partial charge >= 0.3 is 12.1 Å². The Morgan fingerprint density at radius 2 is 2.08 bits per heavy atom. The van der Waals surface area contributed by atoms with Gasteiger partial charge in [-0.3, -0.25) is 14.9 Å². The van der Waals surface area contributed by atoms with Crippen LogP contribution in [0.1, 0.15) is 18.6 Å². The predicted octanol–water partition coefficient (Wildman–Crippen LogP) is 0.523. The topological polar surface area (TPSA) is 163 Å². The quantitative estimate of drug-likeness (QED) is 0.494. The van der Waals surface area contributed by atoms with Crippen LogP contribution in [0.4, 0.5) is 10.5 Å². The van der Waals surface area contributed by atoms with Crippen molar-refractivity contribution in [1.29, 1.82) is 0 Å². The van der Waals surface area contributed by atoms with Crippen LogP contribution >= 0.6 is 0 Å². The van der Waals surface area contributed by atoms with Crippen LogP contribution in [0, 0.1) is 10.1 Å². The Balaban J connectivity index is 2.09. The summed E-state index contributed by atoms with van der Waals surface area (Å²) in [6.07, 6.45) is -1.94. The summed E-state index contributed by atoms with van der Waals surface area (Å²) in [4.78, 5) is 32.8. The standard InChI is InChI=1S/C13H15N3O8/c1-6(24-13(19)15-4-8(14)12(17)18)7-2-10-11(23-5-22-10)3-9(7)16(20)21/h2-3,6,8H,4-5,14H2,1H3,(H,15,19)(H,17,18)/t6?,8-/m0/s1. The second-order valence-electron chi connectivity index (χ2n) is 4.89. The Morgan fingerprint density at radius 1 is 1.46 bits per heavy atom. The van der Waals surface area contributed by atoms with E-state index in [1.165, 1.54) is 19.1 Å². The van der Waals surface area contributed by atoms with E-state index in [2.05, 4.69) is 5.32 Å². The first-order valence-electron chi connectivity index (χ1n) is 6.80. The largest absolute Gasteiger partial charge is 0.480 e. The number of hydrogen-bond acceptors (Lipinski definition) is 8. The van der Waals surface area contributed by atoms with Gasteiger partial charge in [0, 0.05) is 6.54 Å². The van der Waals surface area contributed by atoms with E-state index in [0.29, 0.717) is 5.75 Å². The third-order valence-electron chi connectivity index (χ3n) is 3.22. The molecule has 2 atom stereocenters. The van der Waals surface area contributed by atoms with Crippen LogP contribution in [-0.4, -0.2) is 41.5 Å². The fourth-order valence-electron chi connectivity index (χ4n) is 1.98. The van der Waals surface area contributed by atoms with Crippen LogP contribution in [-0.2, 0) is 9.53 Å².